The van der Waals surface area contributed by atoms with Crippen LogP contribution in [0.3, 0.4) is 0 Å². The standard InChI is InChI=1S/C39H45S2/c1-26-16-14-17-27(2)36(26)32-22-30(24-34(40-32)38(5,6)7)20-12-11-13-21-31-23-33(41-35(25-31)39(8,9)10)37-28(3)18-15-19-29(37)4/h11-25H,1-10H3/q+1. The van der Waals surface area contributed by atoms with Crippen molar-refractivity contribution in [2.24, 2.45) is 5.41 Å². The summed E-state index contributed by atoms with van der Waals surface area (Å²) in [5.41, 5.74) is 10.7. The number of thioether (sulfide) groups is 1. The summed E-state index contributed by atoms with van der Waals surface area (Å²) in [6, 6.07) is 17.9. The summed E-state index contributed by atoms with van der Waals surface area (Å²) in [7, 11) is 0. The fraction of sp³-hybridized carbons (Fsp3) is 0.308. The van der Waals surface area contributed by atoms with E-state index < -0.39 is 0 Å². The maximum Gasteiger partial charge on any atom is 0.239 e. The van der Waals surface area contributed by atoms with Crippen molar-refractivity contribution in [2.45, 2.75) is 74.7 Å². The minimum Gasteiger partial charge on any atom is -0.0933 e. The van der Waals surface area contributed by atoms with Crippen molar-refractivity contribution in [1.82, 2.24) is 0 Å². The predicted molar refractivity (Wildman–Crippen MR) is 188 cm³/mol. The molecular formula is C39H45S2+. The number of benzene rings is 2. The summed E-state index contributed by atoms with van der Waals surface area (Å²) < 4.78 is 0. The quantitative estimate of drug-likeness (QED) is 0.215. The monoisotopic (exact) mass is 577 g/mol. The van der Waals surface area contributed by atoms with Crippen molar-refractivity contribution in [1.29, 1.82) is 0 Å². The van der Waals surface area contributed by atoms with E-state index in [2.05, 4.69) is 160 Å². The first-order chi connectivity index (χ1) is 19.2. The van der Waals surface area contributed by atoms with Crippen molar-refractivity contribution in [2.75, 3.05) is 0 Å². The molecule has 0 unspecified atom stereocenters. The van der Waals surface area contributed by atoms with Crippen LogP contribution in [0.15, 0.2) is 95.5 Å². The Bertz CT molecular complexity index is 1550. The Morgan fingerprint density at radius 1 is 0.659 bits per heavy atom. The summed E-state index contributed by atoms with van der Waals surface area (Å²) in [5.74, 6) is 0. The van der Waals surface area contributed by atoms with Gasteiger partial charge in [0.1, 0.15) is 0 Å². The summed E-state index contributed by atoms with van der Waals surface area (Å²) in [4.78, 5) is 5.46. The van der Waals surface area contributed by atoms with Gasteiger partial charge in [0.2, 0.25) is 21.1 Å². The first-order valence-corrected chi connectivity index (χ1v) is 16.2. The van der Waals surface area contributed by atoms with Crippen LogP contribution in [0.1, 0.15) is 79.8 Å². The van der Waals surface area contributed by atoms with Crippen LogP contribution in [0.25, 0.3) is 21.4 Å². The average molecular weight is 578 g/mol. The lowest BCUT2D eigenvalue weighted by Crippen LogP contribution is -2.09. The molecule has 0 bridgehead atoms. The minimum absolute atomic E-state index is 0.0930. The summed E-state index contributed by atoms with van der Waals surface area (Å²) in [6.07, 6.45) is 15.6. The van der Waals surface area contributed by atoms with Gasteiger partial charge in [0.15, 0.2) is 0 Å². The Balaban J connectivity index is 1.66. The maximum atomic E-state index is 2.35. The number of hydrogen-bond donors (Lipinski definition) is 0. The third-order valence-corrected chi connectivity index (χ3v) is 10.3. The van der Waals surface area contributed by atoms with E-state index in [1.54, 1.807) is 0 Å². The highest BCUT2D eigenvalue weighted by molar-refractivity contribution is 8.11. The highest BCUT2D eigenvalue weighted by atomic mass is 32.2. The molecule has 0 nitrogen and oxygen atoms in total. The molecule has 212 valence electrons. The van der Waals surface area contributed by atoms with Gasteiger partial charge in [0, 0.05) is 28.0 Å². The Morgan fingerprint density at radius 3 is 1.80 bits per heavy atom. The number of aryl methyl sites for hydroxylation is 4. The lowest BCUT2D eigenvalue weighted by molar-refractivity contribution is 0.533. The molecule has 0 spiro atoms. The fourth-order valence-electron chi connectivity index (χ4n) is 5.03. The van der Waals surface area contributed by atoms with Crippen molar-refractivity contribution in [3.8, 4) is 10.4 Å². The number of hydrogen-bond acceptors (Lipinski definition) is 1. The largest absolute Gasteiger partial charge is 0.239 e. The summed E-state index contributed by atoms with van der Waals surface area (Å²) in [6.45, 7) is 22.7. The topological polar surface area (TPSA) is 0 Å². The van der Waals surface area contributed by atoms with Gasteiger partial charge in [-0.3, -0.25) is 0 Å². The van der Waals surface area contributed by atoms with Crippen LogP contribution in [0.5, 0.6) is 0 Å². The van der Waals surface area contributed by atoms with Gasteiger partial charge in [-0.05, 0) is 89.1 Å². The molecule has 1 aromatic heterocycles. The molecule has 0 saturated heterocycles. The molecule has 4 rings (SSSR count). The van der Waals surface area contributed by atoms with Crippen LogP contribution in [-0.2, 0) is 5.41 Å². The van der Waals surface area contributed by atoms with Crippen LogP contribution in [-0.4, -0.2) is 0 Å². The van der Waals surface area contributed by atoms with E-state index in [0.717, 1.165) is 0 Å². The lowest BCUT2D eigenvalue weighted by atomic mass is 9.93. The van der Waals surface area contributed by atoms with E-state index in [-0.39, 0.29) is 10.8 Å². The van der Waals surface area contributed by atoms with Gasteiger partial charge in [0.25, 0.3) is 0 Å². The van der Waals surface area contributed by atoms with Crippen LogP contribution in [0.4, 0.5) is 0 Å². The first kappa shape index (κ1) is 31.0. The van der Waals surface area contributed by atoms with E-state index in [1.165, 1.54) is 64.1 Å². The van der Waals surface area contributed by atoms with Crippen molar-refractivity contribution in [3.05, 3.63) is 134 Å². The molecule has 0 radical (unpaired) electrons. The maximum absolute atomic E-state index is 2.35. The molecule has 0 fully saturated rings. The van der Waals surface area contributed by atoms with Gasteiger partial charge in [0.05, 0.1) is 0 Å². The third kappa shape index (κ3) is 7.67. The van der Waals surface area contributed by atoms with Crippen molar-refractivity contribution < 1.29 is 0 Å². The molecule has 0 atom stereocenters. The molecular weight excluding hydrogens is 533 g/mol. The van der Waals surface area contributed by atoms with Crippen molar-refractivity contribution >= 4 is 34.1 Å². The van der Waals surface area contributed by atoms with E-state index >= 15 is 0 Å². The second kappa shape index (κ2) is 12.5. The van der Waals surface area contributed by atoms with E-state index in [1.807, 2.05) is 23.1 Å². The normalized spacial score (nSPS) is 15.6. The smallest absolute Gasteiger partial charge is 0.0933 e. The zero-order valence-electron chi connectivity index (χ0n) is 26.5. The molecule has 1 aliphatic heterocycles. The molecule has 2 heterocycles. The van der Waals surface area contributed by atoms with E-state index in [9.17, 15) is 0 Å². The van der Waals surface area contributed by atoms with Gasteiger partial charge >= 0.3 is 0 Å². The third-order valence-electron chi connectivity index (χ3n) is 7.36. The highest BCUT2D eigenvalue weighted by Crippen LogP contribution is 2.48. The zero-order chi connectivity index (χ0) is 29.9. The average Bonchev–Trinajstić information content (AvgIpc) is 2.87. The molecule has 41 heavy (non-hydrogen) atoms. The van der Waals surface area contributed by atoms with Gasteiger partial charge in [-0.25, -0.2) is 0 Å². The Kier molecular flexibility index (Phi) is 9.46. The molecule has 2 heteroatoms. The van der Waals surface area contributed by atoms with Crippen molar-refractivity contribution in [3.63, 3.8) is 0 Å². The van der Waals surface area contributed by atoms with Gasteiger partial charge < -0.3 is 0 Å². The Morgan fingerprint density at radius 2 is 1.24 bits per heavy atom. The second-order valence-electron chi connectivity index (χ2n) is 13.2. The summed E-state index contributed by atoms with van der Waals surface area (Å²) in [5, 5.41) is 0. The summed E-state index contributed by atoms with van der Waals surface area (Å²) >= 11 is 3.83. The second-order valence-corrected chi connectivity index (χ2v) is 15.4. The Labute approximate surface area is 257 Å². The van der Waals surface area contributed by atoms with Crippen LogP contribution in [0.2, 0.25) is 0 Å². The van der Waals surface area contributed by atoms with Crippen LogP contribution >= 0.6 is 23.1 Å². The first-order valence-electron chi connectivity index (χ1n) is 14.5. The van der Waals surface area contributed by atoms with E-state index in [0.29, 0.717) is 0 Å². The molecule has 0 N–H and O–H groups in total. The fourth-order valence-corrected chi connectivity index (χ4v) is 7.74. The molecule has 1 aliphatic rings. The highest BCUT2D eigenvalue weighted by Gasteiger charge is 2.28. The SMILES string of the molecule is Cc1cccc(C)c1C1=C/C(=C/C=C/C=C/c2cc(-c3c(C)cccc3C)[s+]c(C(C)(C)C)c2)C=C(C(C)(C)C)S1. The van der Waals surface area contributed by atoms with Gasteiger partial charge in [-0.1, -0.05) is 120 Å². The number of rotatable bonds is 5. The van der Waals surface area contributed by atoms with Crippen LogP contribution in [0, 0.1) is 33.1 Å². The molecule has 0 amide bonds. The molecule has 0 saturated carbocycles. The van der Waals surface area contributed by atoms with E-state index in [4.69, 9.17) is 0 Å². The number of allylic oxidation sites excluding steroid dienone is 8. The zero-order valence-corrected chi connectivity index (χ0v) is 28.1. The molecule has 0 aliphatic carbocycles. The van der Waals surface area contributed by atoms with Gasteiger partial charge in [-0.15, -0.1) is 0 Å². The lowest BCUT2D eigenvalue weighted by Gasteiger charge is -2.27. The Hall–Kier alpha value is -2.94. The molecule has 2 aromatic carbocycles. The minimum atomic E-state index is 0.0930. The van der Waals surface area contributed by atoms with Gasteiger partial charge in [-0.2, -0.15) is 0 Å². The predicted octanol–water partition coefficient (Wildman–Crippen LogP) is 12.4. The van der Waals surface area contributed by atoms with Crippen LogP contribution < -0.4 is 0 Å². The molecule has 3 aromatic rings.